The van der Waals surface area contributed by atoms with Crippen LogP contribution in [-0.4, -0.2) is 68.9 Å². The van der Waals surface area contributed by atoms with Gasteiger partial charge in [-0.3, -0.25) is 4.79 Å². The molecule has 2 atom stereocenters. The van der Waals surface area contributed by atoms with Gasteiger partial charge in [-0.2, -0.15) is 4.37 Å². The van der Waals surface area contributed by atoms with Crippen LogP contribution in [0.25, 0.3) is 10.6 Å². The van der Waals surface area contributed by atoms with E-state index in [9.17, 15) is 14.4 Å². The molecule has 2 unspecified atom stereocenters. The Labute approximate surface area is 236 Å². The van der Waals surface area contributed by atoms with Crippen LogP contribution in [0.4, 0.5) is 19.8 Å². The van der Waals surface area contributed by atoms with E-state index in [4.69, 9.17) is 14.2 Å². The largest absolute Gasteiger partial charge is 0.444 e. The van der Waals surface area contributed by atoms with Crippen LogP contribution in [-0.2, 0) is 27.2 Å². The number of imide groups is 1. The van der Waals surface area contributed by atoms with E-state index < -0.39 is 47.2 Å². The van der Waals surface area contributed by atoms with Crippen molar-refractivity contribution in [2.24, 2.45) is 0 Å². The highest BCUT2D eigenvalue weighted by Gasteiger charge is 2.41. The van der Waals surface area contributed by atoms with E-state index in [2.05, 4.69) is 20.0 Å². The molecule has 1 saturated heterocycles. The first kappa shape index (κ1) is 29.7. The summed E-state index contributed by atoms with van der Waals surface area (Å²) in [4.78, 5) is 44.7. The van der Waals surface area contributed by atoms with Crippen molar-refractivity contribution in [3.8, 4) is 10.6 Å². The van der Waals surface area contributed by atoms with Gasteiger partial charge >= 0.3 is 12.2 Å². The lowest BCUT2D eigenvalue weighted by atomic mass is 10.0. The molecule has 0 spiro atoms. The number of aromatic nitrogens is 2. The van der Waals surface area contributed by atoms with Gasteiger partial charge in [-0.25, -0.2) is 23.9 Å². The molecule has 2 aromatic rings. The zero-order valence-electron chi connectivity index (χ0n) is 23.8. The van der Waals surface area contributed by atoms with Gasteiger partial charge in [-0.15, -0.1) is 0 Å². The number of hydrogen-bond donors (Lipinski definition) is 2. The number of fused-ring (bicyclic) bond motifs is 1. The van der Waals surface area contributed by atoms with Gasteiger partial charge in [0.2, 0.25) is 0 Å². The van der Waals surface area contributed by atoms with Crippen LogP contribution in [0.15, 0.2) is 6.07 Å². The monoisotopic (exact) mass is 577 g/mol. The van der Waals surface area contributed by atoms with Crippen LogP contribution in [0, 0.1) is 5.82 Å². The van der Waals surface area contributed by atoms with E-state index in [0.717, 1.165) is 22.1 Å². The van der Waals surface area contributed by atoms with Crippen molar-refractivity contribution >= 4 is 35.4 Å². The number of anilines is 1. The number of halogens is 1. The maximum atomic E-state index is 16.0. The first-order chi connectivity index (χ1) is 18.7. The van der Waals surface area contributed by atoms with Crippen LogP contribution in [0.2, 0.25) is 0 Å². The third kappa shape index (κ3) is 6.69. The molecular weight excluding hydrogens is 541 g/mol. The van der Waals surface area contributed by atoms with Gasteiger partial charge in [0.25, 0.3) is 5.91 Å². The number of ether oxygens (including phenoxy) is 3. The summed E-state index contributed by atoms with van der Waals surface area (Å²) in [6, 6.07) is 0.831. The minimum absolute atomic E-state index is 0.00983. The van der Waals surface area contributed by atoms with E-state index in [1.807, 2.05) is 6.92 Å². The normalized spacial score (nSPS) is 19.3. The fraction of sp³-hybridized carbons (Fsp3) is 0.593. The van der Waals surface area contributed by atoms with Gasteiger partial charge in [-0.05, 0) is 72.0 Å². The number of nitrogens with one attached hydrogen (secondary N) is 2. The van der Waals surface area contributed by atoms with Crippen LogP contribution in [0.5, 0.6) is 0 Å². The van der Waals surface area contributed by atoms with Crippen molar-refractivity contribution in [1.29, 1.82) is 0 Å². The van der Waals surface area contributed by atoms with Gasteiger partial charge in [0.1, 0.15) is 11.2 Å². The summed E-state index contributed by atoms with van der Waals surface area (Å²) in [5, 5.41) is 5.92. The Morgan fingerprint density at radius 2 is 1.88 bits per heavy atom. The lowest BCUT2D eigenvalue weighted by Crippen LogP contribution is -2.53. The molecule has 4 rings (SSSR count). The third-order valence-electron chi connectivity index (χ3n) is 6.16. The molecule has 0 aliphatic carbocycles. The molecule has 2 aliphatic heterocycles. The maximum Gasteiger partial charge on any atom is 0.417 e. The van der Waals surface area contributed by atoms with Gasteiger partial charge in [-0.1, -0.05) is 6.92 Å². The summed E-state index contributed by atoms with van der Waals surface area (Å²) in [5.74, 6) is -1.53. The molecule has 40 heavy (non-hydrogen) atoms. The number of rotatable bonds is 5. The van der Waals surface area contributed by atoms with Crippen molar-refractivity contribution in [2.75, 3.05) is 18.5 Å². The number of nitrogens with zero attached hydrogens (tertiary/aromatic N) is 3. The summed E-state index contributed by atoms with van der Waals surface area (Å²) < 4.78 is 36.8. The second-order valence-corrected chi connectivity index (χ2v) is 12.6. The predicted molar refractivity (Wildman–Crippen MR) is 147 cm³/mol. The zero-order valence-corrected chi connectivity index (χ0v) is 24.7. The smallest absolute Gasteiger partial charge is 0.417 e. The Bertz CT molecular complexity index is 1300. The summed E-state index contributed by atoms with van der Waals surface area (Å²) in [5.41, 5.74) is -0.449. The van der Waals surface area contributed by atoms with E-state index in [0.29, 0.717) is 24.3 Å². The molecule has 3 amide bonds. The Morgan fingerprint density at radius 3 is 2.50 bits per heavy atom. The van der Waals surface area contributed by atoms with E-state index in [1.165, 1.54) is 0 Å². The summed E-state index contributed by atoms with van der Waals surface area (Å²) in [7, 11) is 0. The second kappa shape index (κ2) is 11.3. The van der Waals surface area contributed by atoms with Crippen molar-refractivity contribution in [1.82, 2.24) is 19.6 Å². The van der Waals surface area contributed by atoms with Crippen LogP contribution in [0.3, 0.4) is 0 Å². The molecule has 4 heterocycles. The highest BCUT2D eigenvalue weighted by molar-refractivity contribution is 7.09. The second-order valence-electron chi connectivity index (χ2n) is 11.8. The number of carbonyl (C=O) groups excluding carboxylic acids is 3. The van der Waals surface area contributed by atoms with Gasteiger partial charge in [0.15, 0.2) is 11.6 Å². The number of alkyl carbamates (subject to hydrolysis) is 1. The van der Waals surface area contributed by atoms with E-state index in [1.54, 1.807) is 47.6 Å². The maximum absolute atomic E-state index is 16.0. The van der Waals surface area contributed by atoms with Crippen molar-refractivity contribution in [3.63, 3.8) is 0 Å². The van der Waals surface area contributed by atoms with Crippen molar-refractivity contribution in [3.05, 3.63) is 28.7 Å². The molecule has 0 radical (unpaired) electrons. The number of carbonyl (C=O) groups is 3. The SMILES string of the molecule is CCc1cc(-c2nc(NC3CCOCC3NC(=O)OC(C)(C)C)c(F)c3c2C(=O)N(C(=O)OC(C)(C)C)C3)sn1. The molecule has 2 N–H and O–H groups in total. The lowest BCUT2D eigenvalue weighted by Gasteiger charge is -2.33. The molecule has 0 bridgehead atoms. The summed E-state index contributed by atoms with van der Waals surface area (Å²) in [6.07, 6.45) is -0.355. The molecule has 11 nitrogen and oxygen atoms in total. The Balaban J connectivity index is 1.70. The molecule has 0 aromatic carbocycles. The first-order valence-electron chi connectivity index (χ1n) is 13.2. The predicted octanol–water partition coefficient (Wildman–Crippen LogP) is 4.89. The van der Waals surface area contributed by atoms with Crippen molar-refractivity contribution in [2.45, 2.75) is 91.1 Å². The Kier molecular flexibility index (Phi) is 8.36. The molecule has 13 heteroatoms. The van der Waals surface area contributed by atoms with Crippen LogP contribution < -0.4 is 10.6 Å². The number of pyridine rings is 1. The van der Waals surface area contributed by atoms with Gasteiger partial charge < -0.3 is 24.8 Å². The molecule has 2 aliphatic rings. The third-order valence-corrected chi connectivity index (χ3v) is 6.99. The fourth-order valence-corrected chi connectivity index (χ4v) is 5.19. The van der Waals surface area contributed by atoms with E-state index in [-0.39, 0.29) is 35.8 Å². The fourth-order valence-electron chi connectivity index (χ4n) is 4.37. The molecule has 218 valence electrons. The van der Waals surface area contributed by atoms with Gasteiger partial charge in [0.05, 0.1) is 47.1 Å². The van der Waals surface area contributed by atoms with Crippen LogP contribution in [0.1, 0.15) is 76.5 Å². The Hall–Kier alpha value is -3.32. The summed E-state index contributed by atoms with van der Waals surface area (Å²) >= 11 is 1.15. The van der Waals surface area contributed by atoms with Gasteiger partial charge in [0, 0.05) is 12.2 Å². The molecular formula is C27H36FN5O6S. The number of amides is 3. The first-order valence-corrected chi connectivity index (χ1v) is 14.0. The highest BCUT2D eigenvalue weighted by atomic mass is 32.1. The topological polar surface area (TPSA) is 132 Å². The molecule has 2 aromatic heterocycles. The number of aryl methyl sites for hydroxylation is 1. The zero-order chi connectivity index (χ0) is 29.4. The molecule has 1 fully saturated rings. The molecule has 0 saturated carbocycles. The number of hydrogen-bond acceptors (Lipinski definition) is 10. The Morgan fingerprint density at radius 1 is 1.18 bits per heavy atom. The lowest BCUT2D eigenvalue weighted by molar-refractivity contribution is 0.0246. The van der Waals surface area contributed by atoms with Crippen molar-refractivity contribution < 1.29 is 33.0 Å². The summed E-state index contributed by atoms with van der Waals surface area (Å²) in [6.45, 7) is 12.6. The average Bonchev–Trinajstić information content (AvgIpc) is 3.45. The quantitative estimate of drug-likeness (QED) is 0.510. The van der Waals surface area contributed by atoms with E-state index >= 15 is 4.39 Å². The minimum Gasteiger partial charge on any atom is -0.444 e. The van der Waals surface area contributed by atoms with Crippen LogP contribution >= 0.6 is 11.5 Å². The minimum atomic E-state index is -0.863. The standard InChI is InChI=1S/C27H36FN5O6S/c1-8-14-11-18(40-32-14)21-19-15(12-33(23(19)34)25(36)39-27(5,6)7)20(28)22(31-21)29-16-9-10-37-13-17(16)30-24(35)38-26(2,3)4/h11,16-17H,8-10,12-13H2,1-7H3,(H,29,31)(H,30,35). The average molecular weight is 578 g/mol. The highest BCUT2D eigenvalue weighted by Crippen LogP contribution is 2.38.